The smallest absolute Gasteiger partial charge is 0.312 e. The minimum Gasteiger partial charge on any atom is -0.352 e. The molecule has 0 saturated carbocycles. The molecule has 1 aromatic carbocycles. The van der Waals surface area contributed by atoms with E-state index in [4.69, 9.17) is 5.73 Å². The summed E-state index contributed by atoms with van der Waals surface area (Å²) in [6.45, 7) is 5.46. The van der Waals surface area contributed by atoms with Crippen LogP contribution in [0.3, 0.4) is 0 Å². The fourth-order valence-corrected chi connectivity index (χ4v) is 2.42. The Morgan fingerprint density at radius 2 is 1.52 bits per heavy atom. The minimum absolute atomic E-state index is 0.391. The second-order valence-corrected chi connectivity index (χ2v) is 5.67. The van der Waals surface area contributed by atoms with Gasteiger partial charge in [0.1, 0.15) is 6.04 Å². The Hall–Kier alpha value is -3.29. The van der Waals surface area contributed by atoms with Gasteiger partial charge in [0.25, 0.3) is 11.8 Å². The molecule has 0 unspecified atom stereocenters. The molecule has 0 aliphatic carbocycles. The van der Waals surface area contributed by atoms with E-state index in [0.717, 1.165) is 17.1 Å². The number of hydrogen-bond donors (Lipinski definition) is 4. The first kappa shape index (κ1) is 18.1. The molecule has 5 N–H and O–H groups in total. The number of carbonyl (C=O) groups excluding carboxylic acids is 3. The molecule has 0 aliphatic rings. The summed E-state index contributed by atoms with van der Waals surface area (Å²) in [5, 5.41) is 2.21. The van der Waals surface area contributed by atoms with Crippen LogP contribution in [0.25, 0.3) is 5.69 Å². The SMILES string of the molecule is Cc1ccc(C)n1-c1ccc(C(=O)NNC(=O)[C@@H](C)NC(N)=O)cc1. The monoisotopic (exact) mass is 343 g/mol. The van der Waals surface area contributed by atoms with E-state index in [0.29, 0.717) is 5.56 Å². The molecule has 0 fully saturated rings. The van der Waals surface area contributed by atoms with E-state index < -0.39 is 23.9 Å². The fourth-order valence-electron chi connectivity index (χ4n) is 2.42. The molecular weight excluding hydrogens is 322 g/mol. The number of nitrogens with zero attached hydrogens (tertiary/aromatic N) is 1. The number of aryl methyl sites for hydroxylation is 2. The Labute approximate surface area is 145 Å². The number of hydrazine groups is 1. The van der Waals surface area contributed by atoms with E-state index in [1.165, 1.54) is 6.92 Å². The van der Waals surface area contributed by atoms with Crippen molar-refractivity contribution in [2.24, 2.45) is 5.73 Å². The van der Waals surface area contributed by atoms with Crippen LogP contribution in [0.2, 0.25) is 0 Å². The molecule has 0 radical (unpaired) electrons. The van der Waals surface area contributed by atoms with E-state index >= 15 is 0 Å². The number of urea groups is 1. The second kappa shape index (κ2) is 7.52. The average molecular weight is 343 g/mol. The molecule has 1 aromatic heterocycles. The standard InChI is InChI=1S/C17H21N5O3/c1-10-4-5-11(2)22(10)14-8-6-13(7-9-14)16(24)21-20-15(23)12(3)19-17(18)25/h4-9,12H,1-3H3,(H,20,23)(H,21,24)(H3,18,19,25)/t12-/m1/s1. The third kappa shape index (κ3) is 4.37. The van der Waals surface area contributed by atoms with Crippen LogP contribution in [-0.4, -0.2) is 28.5 Å². The fraction of sp³-hybridized carbons (Fsp3) is 0.235. The zero-order chi connectivity index (χ0) is 18.6. The highest BCUT2D eigenvalue weighted by molar-refractivity contribution is 5.96. The van der Waals surface area contributed by atoms with Gasteiger partial charge in [-0.1, -0.05) is 0 Å². The maximum atomic E-state index is 12.1. The summed E-state index contributed by atoms with van der Waals surface area (Å²) in [6, 6.07) is 9.35. The third-order valence-electron chi connectivity index (χ3n) is 3.71. The molecule has 1 heterocycles. The van der Waals surface area contributed by atoms with Crippen LogP contribution in [0.15, 0.2) is 36.4 Å². The largest absolute Gasteiger partial charge is 0.352 e. The van der Waals surface area contributed by atoms with Crippen LogP contribution >= 0.6 is 0 Å². The molecule has 4 amide bonds. The Kier molecular flexibility index (Phi) is 5.43. The van der Waals surface area contributed by atoms with Crippen LogP contribution in [0.4, 0.5) is 4.79 Å². The van der Waals surface area contributed by atoms with Gasteiger partial charge in [-0.05, 0) is 57.2 Å². The van der Waals surface area contributed by atoms with Gasteiger partial charge < -0.3 is 15.6 Å². The Bertz CT molecular complexity index is 776. The average Bonchev–Trinajstić information content (AvgIpc) is 2.90. The first-order valence-electron chi connectivity index (χ1n) is 7.71. The lowest BCUT2D eigenvalue weighted by atomic mass is 10.2. The number of hydrogen-bond acceptors (Lipinski definition) is 3. The summed E-state index contributed by atoms with van der Waals surface area (Å²) in [7, 11) is 0. The summed E-state index contributed by atoms with van der Waals surface area (Å²) in [6.07, 6.45) is 0. The first-order chi connectivity index (χ1) is 11.8. The quantitative estimate of drug-likeness (QED) is 0.618. The summed E-state index contributed by atoms with van der Waals surface area (Å²) in [5.74, 6) is -1.05. The van der Waals surface area contributed by atoms with E-state index in [-0.39, 0.29) is 0 Å². The summed E-state index contributed by atoms with van der Waals surface area (Å²) >= 11 is 0. The first-order valence-corrected chi connectivity index (χ1v) is 7.71. The predicted molar refractivity (Wildman–Crippen MR) is 93.0 cm³/mol. The van der Waals surface area contributed by atoms with Crippen molar-refractivity contribution < 1.29 is 14.4 Å². The number of amides is 4. The van der Waals surface area contributed by atoms with Crippen LogP contribution in [0.5, 0.6) is 0 Å². The highest BCUT2D eigenvalue weighted by atomic mass is 16.2. The van der Waals surface area contributed by atoms with E-state index in [2.05, 4.69) is 20.7 Å². The number of benzene rings is 1. The molecule has 0 saturated heterocycles. The number of rotatable bonds is 4. The van der Waals surface area contributed by atoms with Crippen molar-refractivity contribution in [1.29, 1.82) is 0 Å². The molecule has 1 atom stereocenters. The van der Waals surface area contributed by atoms with Crippen molar-refractivity contribution in [3.8, 4) is 5.69 Å². The number of primary amides is 1. The number of aromatic nitrogens is 1. The minimum atomic E-state index is -0.861. The Morgan fingerprint density at radius 1 is 0.960 bits per heavy atom. The van der Waals surface area contributed by atoms with Crippen LogP contribution in [0, 0.1) is 13.8 Å². The van der Waals surface area contributed by atoms with E-state index in [1.54, 1.807) is 12.1 Å². The van der Waals surface area contributed by atoms with Gasteiger partial charge in [-0.25, -0.2) is 4.79 Å². The number of nitrogens with two attached hydrogens (primary N) is 1. The van der Waals surface area contributed by atoms with Crippen molar-refractivity contribution in [2.45, 2.75) is 26.8 Å². The topological polar surface area (TPSA) is 118 Å². The van der Waals surface area contributed by atoms with Gasteiger partial charge in [0.15, 0.2) is 0 Å². The van der Waals surface area contributed by atoms with Gasteiger partial charge in [-0.3, -0.25) is 20.4 Å². The van der Waals surface area contributed by atoms with Crippen molar-refractivity contribution >= 4 is 17.8 Å². The summed E-state index contributed by atoms with van der Waals surface area (Å²) in [5.41, 5.74) is 13.0. The second-order valence-electron chi connectivity index (χ2n) is 5.67. The van der Waals surface area contributed by atoms with Crippen molar-refractivity contribution in [2.75, 3.05) is 0 Å². The van der Waals surface area contributed by atoms with Gasteiger partial charge in [0.05, 0.1) is 0 Å². The van der Waals surface area contributed by atoms with Gasteiger partial charge in [0, 0.05) is 22.6 Å². The maximum Gasteiger partial charge on any atom is 0.312 e. The molecule has 8 nitrogen and oxygen atoms in total. The molecule has 25 heavy (non-hydrogen) atoms. The van der Waals surface area contributed by atoms with Crippen molar-refractivity contribution in [3.63, 3.8) is 0 Å². The molecule has 0 bridgehead atoms. The van der Waals surface area contributed by atoms with Gasteiger partial charge in [-0.2, -0.15) is 0 Å². The summed E-state index contributed by atoms with van der Waals surface area (Å²) in [4.78, 5) is 34.5. The lowest BCUT2D eigenvalue weighted by Gasteiger charge is -2.13. The maximum absolute atomic E-state index is 12.1. The molecule has 2 aromatic rings. The van der Waals surface area contributed by atoms with Crippen LogP contribution in [0.1, 0.15) is 28.7 Å². The highest BCUT2D eigenvalue weighted by Gasteiger charge is 2.15. The molecule has 132 valence electrons. The zero-order valence-electron chi connectivity index (χ0n) is 14.3. The highest BCUT2D eigenvalue weighted by Crippen LogP contribution is 2.16. The van der Waals surface area contributed by atoms with E-state index in [9.17, 15) is 14.4 Å². The molecular formula is C17H21N5O3. The van der Waals surface area contributed by atoms with Gasteiger partial charge in [-0.15, -0.1) is 0 Å². The molecule has 8 heteroatoms. The van der Waals surface area contributed by atoms with Gasteiger partial charge in [0.2, 0.25) is 0 Å². The zero-order valence-corrected chi connectivity index (χ0v) is 14.3. The Morgan fingerprint density at radius 3 is 2.04 bits per heavy atom. The molecule has 2 rings (SSSR count). The van der Waals surface area contributed by atoms with Gasteiger partial charge >= 0.3 is 6.03 Å². The summed E-state index contributed by atoms with van der Waals surface area (Å²) < 4.78 is 2.07. The van der Waals surface area contributed by atoms with Crippen molar-refractivity contribution in [3.05, 3.63) is 53.3 Å². The third-order valence-corrected chi connectivity index (χ3v) is 3.71. The lowest BCUT2D eigenvalue weighted by molar-refractivity contribution is -0.123. The predicted octanol–water partition coefficient (Wildman–Crippen LogP) is 0.912. The molecule has 0 spiro atoms. The molecule has 0 aliphatic heterocycles. The lowest BCUT2D eigenvalue weighted by Crippen LogP contribution is -2.52. The Balaban J connectivity index is 1.99. The number of nitrogens with one attached hydrogen (secondary N) is 3. The normalized spacial score (nSPS) is 11.5. The van der Waals surface area contributed by atoms with E-state index in [1.807, 2.05) is 38.1 Å². The van der Waals surface area contributed by atoms with Crippen LogP contribution in [-0.2, 0) is 4.79 Å². The van der Waals surface area contributed by atoms with Crippen molar-refractivity contribution in [1.82, 2.24) is 20.7 Å². The van der Waals surface area contributed by atoms with Crippen LogP contribution < -0.4 is 21.9 Å². The number of carbonyl (C=O) groups is 3.